The van der Waals surface area contributed by atoms with Crippen molar-refractivity contribution in [1.82, 2.24) is 0 Å². The van der Waals surface area contributed by atoms with Crippen molar-refractivity contribution in [2.45, 2.75) is 32.9 Å². The molecule has 3 nitrogen and oxygen atoms in total. The summed E-state index contributed by atoms with van der Waals surface area (Å²) in [4.78, 5) is 15.5. The lowest BCUT2D eigenvalue weighted by molar-refractivity contribution is -0.148. The Bertz CT molecular complexity index is 398. The Morgan fingerprint density at radius 1 is 1.29 bits per heavy atom. The predicted molar refractivity (Wildman–Crippen MR) is 64.7 cm³/mol. The van der Waals surface area contributed by atoms with Crippen molar-refractivity contribution in [3.8, 4) is 0 Å². The van der Waals surface area contributed by atoms with Crippen LogP contribution in [0.5, 0.6) is 0 Å². The molecule has 0 N–H and O–H groups in total. The normalized spacial score (nSPS) is 13.0. The van der Waals surface area contributed by atoms with Crippen LogP contribution < -0.4 is 0 Å². The lowest BCUT2D eigenvalue weighted by atomic mass is 10.2. The van der Waals surface area contributed by atoms with Crippen LogP contribution in [-0.4, -0.2) is 24.3 Å². The van der Waals surface area contributed by atoms with Gasteiger partial charge in [0.25, 0.3) is 0 Å². The lowest BCUT2D eigenvalue weighted by Gasteiger charge is -2.10. The van der Waals surface area contributed by atoms with Gasteiger partial charge in [-0.1, -0.05) is 12.1 Å². The number of carbonyl (C=O) groups excluding carboxylic acids is 1. The molecule has 0 amide bonds. The van der Waals surface area contributed by atoms with Gasteiger partial charge in [-0.3, -0.25) is 4.99 Å². The minimum absolute atomic E-state index is 0.147. The molecular weight excluding hydrogens is 221 g/mol. The molecule has 0 aromatic heterocycles. The Kier molecular flexibility index (Phi) is 4.82. The highest BCUT2D eigenvalue weighted by Gasteiger charge is 2.13. The van der Waals surface area contributed by atoms with Gasteiger partial charge in [-0.15, -0.1) is 0 Å². The van der Waals surface area contributed by atoms with Gasteiger partial charge >= 0.3 is 5.97 Å². The van der Waals surface area contributed by atoms with Crippen molar-refractivity contribution in [3.05, 3.63) is 35.6 Å². The van der Waals surface area contributed by atoms with Crippen LogP contribution >= 0.6 is 0 Å². The summed E-state index contributed by atoms with van der Waals surface area (Å²) >= 11 is 0. The van der Waals surface area contributed by atoms with Gasteiger partial charge < -0.3 is 4.74 Å². The Morgan fingerprint density at radius 3 is 2.41 bits per heavy atom. The monoisotopic (exact) mass is 237 g/mol. The van der Waals surface area contributed by atoms with E-state index in [4.69, 9.17) is 4.74 Å². The van der Waals surface area contributed by atoms with Crippen LogP contribution in [0, 0.1) is 5.82 Å². The highest BCUT2D eigenvalue weighted by Crippen LogP contribution is 2.02. The fourth-order valence-electron chi connectivity index (χ4n) is 1.14. The number of hydrogen-bond acceptors (Lipinski definition) is 3. The van der Waals surface area contributed by atoms with E-state index < -0.39 is 6.04 Å². The summed E-state index contributed by atoms with van der Waals surface area (Å²) in [5, 5.41) is 0. The van der Waals surface area contributed by atoms with Crippen LogP contribution in [0.3, 0.4) is 0 Å². The zero-order valence-corrected chi connectivity index (χ0v) is 10.2. The highest BCUT2D eigenvalue weighted by molar-refractivity contribution is 5.83. The molecule has 0 heterocycles. The first-order valence-electron chi connectivity index (χ1n) is 5.48. The van der Waals surface area contributed by atoms with Gasteiger partial charge in [0.1, 0.15) is 11.9 Å². The Hall–Kier alpha value is -1.71. The largest absolute Gasteiger partial charge is 0.461 e. The maximum Gasteiger partial charge on any atom is 0.330 e. The van der Waals surface area contributed by atoms with E-state index in [1.54, 1.807) is 32.9 Å². The van der Waals surface area contributed by atoms with Crippen molar-refractivity contribution >= 4 is 12.2 Å². The summed E-state index contributed by atoms with van der Waals surface area (Å²) in [6, 6.07) is 5.33. The van der Waals surface area contributed by atoms with E-state index in [1.807, 2.05) is 0 Å². The third-order valence-electron chi connectivity index (χ3n) is 2.01. The number of halogens is 1. The number of rotatable bonds is 4. The Morgan fingerprint density at radius 2 is 1.88 bits per heavy atom. The smallest absolute Gasteiger partial charge is 0.330 e. The molecule has 0 spiro atoms. The molecule has 17 heavy (non-hydrogen) atoms. The molecular formula is C13H16FNO2. The number of nitrogens with zero attached hydrogens (tertiary/aromatic N) is 1. The SMILES string of the molecule is CC(C)OC(=O)[C@@H](C)N=Cc1ccc(F)cc1. The molecule has 0 unspecified atom stereocenters. The average molecular weight is 237 g/mol. The molecule has 0 saturated carbocycles. The fourth-order valence-corrected chi connectivity index (χ4v) is 1.14. The predicted octanol–water partition coefficient (Wildman–Crippen LogP) is 2.58. The summed E-state index contributed by atoms with van der Waals surface area (Å²) in [5.41, 5.74) is 0.746. The molecule has 0 aliphatic heterocycles. The van der Waals surface area contributed by atoms with Crippen LogP contribution in [0.25, 0.3) is 0 Å². The van der Waals surface area contributed by atoms with E-state index in [2.05, 4.69) is 4.99 Å². The number of hydrogen-bond donors (Lipinski definition) is 0. The maximum atomic E-state index is 12.6. The molecule has 0 radical (unpaired) electrons. The van der Waals surface area contributed by atoms with Crippen LogP contribution in [0.4, 0.5) is 4.39 Å². The Labute approximate surface area is 100 Å². The maximum absolute atomic E-state index is 12.6. The third-order valence-corrected chi connectivity index (χ3v) is 2.01. The standard InChI is InChI=1S/C13H16FNO2/c1-9(2)17-13(16)10(3)15-8-11-4-6-12(14)7-5-11/h4-10H,1-3H3/t10-/m1/s1. The van der Waals surface area contributed by atoms with Gasteiger partial charge in [-0.05, 0) is 38.5 Å². The van der Waals surface area contributed by atoms with Crippen LogP contribution in [0.1, 0.15) is 26.3 Å². The van der Waals surface area contributed by atoms with Gasteiger partial charge in [0.2, 0.25) is 0 Å². The number of benzene rings is 1. The van der Waals surface area contributed by atoms with Gasteiger partial charge in [-0.25, -0.2) is 9.18 Å². The molecule has 1 atom stereocenters. The van der Waals surface area contributed by atoms with E-state index >= 15 is 0 Å². The molecule has 0 saturated heterocycles. The number of esters is 1. The molecule has 1 rings (SSSR count). The summed E-state index contributed by atoms with van der Waals surface area (Å²) in [6.07, 6.45) is 1.39. The molecule has 92 valence electrons. The summed E-state index contributed by atoms with van der Waals surface area (Å²) in [7, 11) is 0. The molecule has 0 aliphatic rings. The second-order valence-electron chi connectivity index (χ2n) is 3.99. The molecule has 0 fully saturated rings. The zero-order valence-electron chi connectivity index (χ0n) is 10.2. The zero-order chi connectivity index (χ0) is 12.8. The lowest BCUT2D eigenvalue weighted by Crippen LogP contribution is -2.21. The molecule has 1 aromatic rings. The van der Waals surface area contributed by atoms with Gasteiger partial charge in [-0.2, -0.15) is 0 Å². The number of carbonyl (C=O) groups is 1. The Balaban J connectivity index is 2.58. The topological polar surface area (TPSA) is 38.7 Å². The molecule has 0 bridgehead atoms. The van der Waals surface area contributed by atoms with Crippen molar-refractivity contribution in [2.75, 3.05) is 0 Å². The summed E-state index contributed by atoms with van der Waals surface area (Å²) in [6.45, 7) is 5.23. The summed E-state index contributed by atoms with van der Waals surface area (Å²) in [5.74, 6) is -0.659. The van der Waals surface area contributed by atoms with E-state index in [0.717, 1.165) is 5.56 Å². The second kappa shape index (κ2) is 6.13. The van der Waals surface area contributed by atoms with Gasteiger partial charge in [0.05, 0.1) is 6.10 Å². The highest BCUT2D eigenvalue weighted by atomic mass is 19.1. The molecule has 4 heteroatoms. The molecule has 0 aliphatic carbocycles. The quantitative estimate of drug-likeness (QED) is 0.596. The van der Waals surface area contributed by atoms with Crippen LogP contribution in [0.15, 0.2) is 29.3 Å². The average Bonchev–Trinajstić information content (AvgIpc) is 2.27. The van der Waals surface area contributed by atoms with E-state index in [9.17, 15) is 9.18 Å². The van der Waals surface area contributed by atoms with Crippen molar-refractivity contribution in [2.24, 2.45) is 4.99 Å². The third kappa shape index (κ3) is 4.76. The fraction of sp³-hybridized carbons (Fsp3) is 0.385. The van der Waals surface area contributed by atoms with E-state index in [1.165, 1.54) is 18.3 Å². The number of aliphatic imine (C=N–C) groups is 1. The van der Waals surface area contributed by atoms with E-state index in [0.29, 0.717) is 0 Å². The number of ether oxygens (including phenoxy) is 1. The second-order valence-corrected chi connectivity index (χ2v) is 3.99. The van der Waals surface area contributed by atoms with Crippen LogP contribution in [0.2, 0.25) is 0 Å². The minimum Gasteiger partial charge on any atom is -0.461 e. The first kappa shape index (κ1) is 13.4. The minimum atomic E-state index is -0.553. The van der Waals surface area contributed by atoms with Crippen molar-refractivity contribution in [1.29, 1.82) is 0 Å². The summed E-state index contributed by atoms with van der Waals surface area (Å²) < 4.78 is 17.6. The van der Waals surface area contributed by atoms with Gasteiger partial charge in [0.15, 0.2) is 0 Å². The van der Waals surface area contributed by atoms with Crippen molar-refractivity contribution < 1.29 is 13.9 Å². The van der Waals surface area contributed by atoms with Crippen LogP contribution in [-0.2, 0) is 9.53 Å². The van der Waals surface area contributed by atoms with Gasteiger partial charge in [0, 0.05) is 6.21 Å². The first-order valence-corrected chi connectivity index (χ1v) is 5.48. The van der Waals surface area contributed by atoms with E-state index in [-0.39, 0.29) is 17.9 Å². The first-order chi connectivity index (χ1) is 7.99. The van der Waals surface area contributed by atoms with Crippen molar-refractivity contribution in [3.63, 3.8) is 0 Å². The molecule has 1 aromatic carbocycles.